The summed E-state index contributed by atoms with van der Waals surface area (Å²) in [6.45, 7) is 7.41. The predicted molar refractivity (Wildman–Crippen MR) is 76.0 cm³/mol. The van der Waals surface area contributed by atoms with Gasteiger partial charge in [-0.05, 0) is 32.1 Å². The molecule has 3 atom stereocenters. The smallest absolute Gasteiger partial charge is 0.324 e. The number of piperazine rings is 1. The topological polar surface area (TPSA) is 41.6 Å². The van der Waals surface area contributed by atoms with Crippen LogP contribution in [-0.2, 0) is 9.53 Å². The Morgan fingerprint density at radius 2 is 2.16 bits per heavy atom. The SMILES string of the molecule is CCOC(=O)C1CNCCN1C1CCCC(C)CC1. The highest BCUT2D eigenvalue weighted by molar-refractivity contribution is 5.76. The van der Waals surface area contributed by atoms with Gasteiger partial charge in [-0.3, -0.25) is 9.69 Å². The van der Waals surface area contributed by atoms with E-state index in [1.807, 2.05) is 6.92 Å². The predicted octanol–water partition coefficient (Wildman–Crippen LogP) is 1.79. The number of rotatable bonds is 3. The summed E-state index contributed by atoms with van der Waals surface area (Å²) in [4.78, 5) is 14.5. The summed E-state index contributed by atoms with van der Waals surface area (Å²) in [5.74, 6) is 0.793. The van der Waals surface area contributed by atoms with Gasteiger partial charge in [0.25, 0.3) is 0 Å². The van der Waals surface area contributed by atoms with Gasteiger partial charge < -0.3 is 10.1 Å². The van der Waals surface area contributed by atoms with Crippen molar-refractivity contribution in [2.24, 2.45) is 5.92 Å². The van der Waals surface area contributed by atoms with E-state index in [0.717, 1.165) is 25.6 Å². The molecule has 1 aliphatic heterocycles. The molecule has 2 fully saturated rings. The molecular weight excluding hydrogens is 240 g/mol. The van der Waals surface area contributed by atoms with Gasteiger partial charge in [-0.25, -0.2) is 0 Å². The van der Waals surface area contributed by atoms with Crippen LogP contribution in [0.1, 0.15) is 46.0 Å². The molecule has 0 aromatic rings. The Balaban J connectivity index is 1.99. The van der Waals surface area contributed by atoms with Gasteiger partial charge >= 0.3 is 5.97 Å². The standard InChI is InChI=1S/C15H28N2O2/c1-3-19-15(18)14-11-16-9-10-17(14)13-6-4-5-12(2)7-8-13/h12-14,16H,3-11H2,1-2H3. The van der Waals surface area contributed by atoms with E-state index in [1.165, 1.54) is 32.1 Å². The lowest BCUT2D eigenvalue weighted by Gasteiger charge is -2.40. The molecule has 1 saturated carbocycles. The molecule has 1 N–H and O–H groups in total. The number of ether oxygens (including phenoxy) is 1. The summed E-state index contributed by atoms with van der Waals surface area (Å²) in [6.07, 6.45) is 6.40. The molecule has 19 heavy (non-hydrogen) atoms. The van der Waals surface area contributed by atoms with Crippen LogP contribution < -0.4 is 5.32 Å². The van der Waals surface area contributed by atoms with Gasteiger partial charge in [0.1, 0.15) is 6.04 Å². The first-order chi connectivity index (χ1) is 9.22. The Bertz CT molecular complexity index is 296. The minimum Gasteiger partial charge on any atom is -0.465 e. The summed E-state index contributed by atoms with van der Waals surface area (Å²) < 4.78 is 5.23. The fraction of sp³-hybridized carbons (Fsp3) is 0.933. The lowest BCUT2D eigenvalue weighted by Crippen LogP contribution is -2.58. The minimum atomic E-state index is -0.0768. The van der Waals surface area contributed by atoms with E-state index in [9.17, 15) is 4.79 Å². The van der Waals surface area contributed by atoms with Crippen molar-refractivity contribution in [1.82, 2.24) is 10.2 Å². The maximum absolute atomic E-state index is 12.1. The molecule has 1 saturated heterocycles. The van der Waals surface area contributed by atoms with Gasteiger partial charge in [0.05, 0.1) is 6.61 Å². The molecule has 0 aromatic heterocycles. The molecule has 4 heteroatoms. The monoisotopic (exact) mass is 268 g/mol. The molecule has 2 rings (SSSR count). The molecule has 2 aliphatic rings. The van der Waals surface area contributed by atoms with Crippen LogP contribution in [0.25, 0.3) is 0 Å². The van der Waals surface area contributed by atoms with Crippen molar-refractivity contribution in [3.05, 3.63) is 0 Å². The van der Waals surface area contributed by atoms with Crippen LogP contribution in [0.3, 0.4) is 0 Å². The second-order valence-corrected chi connectivity index (χ2v) is 5.98. The Morgan fingerprint density at radius 1 is 1.32 bits per heavy atom. The van der Waals surface area contributed by atoms with Crippen LogP contribution in [-0.4, -0.2) is 49.2 Å². The summed E-state index contributed by atoms with van der Waals surface area (Å²) in [6, 6.07) is 0.494. The van der Waals surface area contributed by atoms with Crippen molar-refractivity contribution in [3.63, 3.8) is 0 Å². The number of esters is 1. The lowest BCUT2D eigenvalue weighted by atomic mass is 10.0. The van der Waals surface area contributed by atoms with Gasteiger partial charge in [-0.1, -0.05) is 19.8 Å². The molecule has 0 spiro atoms. The van der Waals surface area contributed by atoms with Crippen LogP contribution in [0, 0.1) is 5.92 Å². The Kier molecular flexibility index (Phi) is 5.64. The Hall–Kier alpha value is -0.610. The van der Waals surface area contributed by atoms with Crippen molar-refractivity contribution in [2.75, 3.05) is 26.2 Å². The molecule has 0 aromatic carbocycles. The van der Waals surface area contributed by atoms with Crippen molar-refractivity contribution in [2.45, 2.75) is 58.0 Å². The summed E-state index contributed by atoms with van der Waals surface area (Å²) >= 11 is 0. The van der Waals surface area contributed by atoms with Crippen LogP contribution in [0.2, 0.25) is 0 Å². The summed E-state index contributed by atoms with van der Waals surface area (Å²) in [5, 5.41) is 3.33. The minimum absolute atomic E-state index is 0.0491. The van der Waals surface area contributed by atoms with E-state index in [1.54, 1.807) is 0 Å². The molecule has 1 heterocycles. The number of nitrogens with one attached hydrogen (secondary N) is 1. The van der Waals surface area contributed by atoms with Gasteiger partial charge in [0.2, 0.25) is 0 Å². The van der Waals surface area contributed by atoms with Crippen molar-refractivity contribution in [3.8, 4) is 0 Å². The fourth-order valence-electron chi connectivity index (χ4n) is 3.41. The zero-order valence-electron chi connectivity index (χ0n) is 12.4. The molecule has 0 radical (unpaired) electrons. The number of hydrogen-bond donors (Lipinski definition) is 1. The zero-order valence-corrected chi connectivity index (χ0v) is 12.4. The van der Waals surface area contributed by atoms with Gasteiger partial charge in [0.15, 0.2) is 0 Å². The molecule has 3 unspecified atom stereocenters. The summed E-state index contributed by atoms with van der Waals surface area (Å²) in [5.41, 5.74) is 0. The maximum atomic E-state index is 12.1. The average Bonchev–Trinajstić information content (AvgIpc) is 2.64. The zero-order chi connectivity index (χ0) is 13.7. The lowest BCUT2D eigenvalue weighted by molar-refractivity contribution is -0.151. The first-order valence-electron chi connectivity index (χ1n) is 7.85. The number of nitrogens with zero attached hydrogens (tertiary/aromatic N) is 1. The van der Waals surface area contributed by atoms with E-state index in [-0.39, 0.29) is 12.0 Å². The molecule has 4 nitrogen and oxygen atoms in total. The van der Waals surface area contributed by atoms with E-state index in [4.69, 9.17) is 4.74 Å². The number of hydrogen-bond acceptors (Lipinski definition) is 4. The van der Waals surface area contributed by atoms with Crippen molar-refractivity contribution < 1.29 is 9.53 Å². The van der Waals surface area contributed by atoms with E-state index in [2.05, 4.69) is 17.1 Å². The first kappa shape index (κ1) is 14.8. The second kappa shape index (κ2) is 7.25. The summed E-state index contributed by atoms with van der Waals surface area (Å²) in [7, 11) is 0. The van der Waals surface area contributed by atoms with Crippen LogP contribution in [0.4, 0.5) is 0 Å². The van der Waals surface area contributed by atoms with Crippen LogP contribution in [0.5, 0.6) is 0 Å². The third-order valence-electron chi connectivity index (χ3n) is 4.54. The normalized spacial score (nSPS) is 33.7. The molecule has 110 valence electrons. The highest BCUT2D eigenvalue weighted by atomic mass is 16.5. The fourth-order valence-corrected chi connectivity index (χ4v) is 3.41. The molecule has 0 bridgehead atoms. The highest BCUT2D eigenvalue weighted by Crippen LogP contribution is 2.27. The Morgan fingerprint density at radius 3 is 2.95 bits per heavy atom. The molecule has 1 aliphatic carbocycles. The Labute approximate surface area is 116 Å². The second-order valence-electron chi connectivity index (χ2n) is 5.98. The quantitative estimate of drug-likeness (QED) is 0.626. The van der Waals surface area contributed by atoms with Crippen molar-refractivity contribution >= 4 is 5.97 Å². The van der Waals surface area contributed by atoms with E-state index in [0.29, 0.717) is 12.6 Å². The third kappa shape index (κ3) is 3.93. The van der Waals surface area contributed by atoms with Crippen LogP contribution in [0.15, 0.2) is 0 Å². The van der Waals surface area contributed by atoms with Gasteiger partial charge in [-0.15, -0.1) is 0 Å². The molecular formula is C15H28N2O2. The van der Waals surface area contributed by atoms with Gasteiger partial charge in [0, 0.05) is 25.7 Å². The first-order valence-corrected chi connectivity index (χ1v) is 7.85. The highest BCUT2D eigenvalue weighted by Gasteiger charge is 2.34. The maximum Gasteiger partial charge on any atom is 0.324 e. The van der Waals surface area contributed by atoms with E-state index >= 15 is 0 Å². The molecule has 0 amide bonds. The number of carbonyl (C=O) groups excluding carboxylic acids is 1. The van der Waals surface area contributed by atoms with Crippen molar-refractivity contribution in [1.29, 1.82) is 0 Å². The van der Waals surface area contributed by atoms with E-state index < -0.39 is 0 Å². The largest absolute Gasteiger partial charge is 0.465 e. The number of carbonyl (C=O) groups is 1. The van der Waals surface area contributed by atoms with Gasteiger partial charge in [-0.2, -0.15) is 0 Å². The average molecular weight is 268 g/mol. The van der Waals surface area contributed by atoms with Crippen LogP contribution >= 0.6 is 0 Å². The third-order valence-corrected chi connectivity index (χ3v) is 4.54.